The van der Waals surface area contributed by atoms with Crippen molar-refractivity contribution < 1.29 is 14.3 Å². The Hall–Kier alpha value is -1.45. The van der Waals surface area contributed by atoms with Gasteiger partial charge in [0, 0.05) is 6.42 Å². The average molecular weight is 241 g/mol. The van der Waals surface area contributed by atoms with Crippen molar-refractivity contribution in [3.05, 3.63) is 24.1 Å². The van der Waals surface area contributed by atoms with Gasteiger partial charge in [-0.3, -0.25) is 5.32 Å². The van der Waals surface area contributed by atoms with Gasteiger partial charge in [0.1, 0.15) is 11.9 Å². The van der Waals surface area contributed by atoms with E-state index >= 15 is 0 Å². The SMILES string of the molecule is C=C/C(NC(=O)OC(C)C(C)C)=C(\CC)OC. The number of hydrogen-bond acceptors (Lipinski definition) is 3. The molecule has 1 amide bonds. The Morgan fingerprint density at radius 1 is 1.41 bits per heavy atom. The molecule has 0 radical (unpaired) electrons. The molecule has 0 aromatic carbocycles. The zero-order valence-corrected chi connectivity index (χ0v) is 11.4. The molecule has 0 aromatic heterocycles. The van der Waals surface area contributed by atoms with Gasteiger partial charge in [0.15, 0.2) is 0 Å². The van der Waals surface area contributed by atoms with Gasteiger partial charge in [0.25, 0.3) is 0 Å². The number of allylic oxidation sites excluding steroid dienone is 2. The molecule has 0 bridgehead atoms. The minimum absolute atomic E-state index is 0.131. The summed E-state index contributed by atoms with van der Waals surface area (Å²) in [7, 11) is 1.56. The highest BCUT2D eigenvalue weighted by molar-refractivity contribution is 5.70. The molecule has 0 aliphatic rings. The van der Waals surface area contributed by atoms with E-state index in [1.807, 2.05) is 27.7 Å². The van der Waals surface area contributed by atoms with Crippen LogP contribution in [0.25, 0.3) is 0 Å². The largest absolute Gasteiger partial charge is 0.499 e. The Bertz CT molecular complexity index is 289. The van der Waals surface area contributed by atoms with E-state index in [1.54, 1.807) is 13.2 Å². The number of rotatable bonds is 6. The first-order chi connectivity index (χ1) is 7.96. The molecule has 1 unspecified atom stereocenters. The van der Waals surface area contributed by atoms with E-state index in [-0.39, 0.29) is 12.0 Å². The molecule has 0 aliphatic carbocycles. The van der Waals surface area contributed by atoms with Gasteiger partial charge < -0.3 is 9.47 Å². The van der Waals surface area contributed by atoms with Crippen LogP contribution in [0, 0.1) is 5.92 Å². The van der Waals surface area contributed by atoms with Gasteiger partial charge in [0.05, 0.1) is 12.8 Å². The lowest BCUT2D eigenvalue weighted by Gasteiger charge is -2.18. The Morgan fingerprint density at radius 3 is 2.35 bits per heavy atom. The van der Waals surface area contributed by atoms with Gasteiger partial charge in [-0.15, -0.1) is 0 Å². The van der Waals surface area contributed by atoms with Crippen LogP contribution in [0.4, 0.5) is 4.79 Å². The van der Waals surface area contributed by atoms with Gasteiger partial charge in [0.2, 0.25) is 0 Å². The summed E-state index contributed by atoms with van der Waals surface area (Å²) in [6, 6.07) is 0. The molecule has 0 heterocycles. The highest BCUT2D eigenvalue weighted by Crippen LogP contribution is 2.10. The van der Waals surface area contributed by atoms with Crippen LogP contribution in [0.3, 0.4) is 0 Å². The number of methoxy groups -OCH3 is 1. The minimum atomic E-state index is -0.482. The van der Waals surface area contributed by atoms with Gasteiger partial charge in [-0.25, -0.2) is 4.79 Å². The monoisotopic (exact) mass is 241 g/mol. The number of nitrogens with one attached hydrogen (secondary N) is 1. The topological polar surface area (TPSA) is 47.6 Å². The maximum atomic E-state index is 11.6. The maximum absolute atomic E-state index is 11.6. The first-order valence-corrected chi connectivity index (χ1v) is 5.83. The molecule has 0 saturated carbocycles. The van der Waals surface area contributed by atoms with Crippen molar-refractivity contribution in [1.29, 1.82) is 0 Å². The van der Waals surface area contributed by atoms with Gasteiger partial charge in [-0.05, 0) is 18.9 Å². The average Bonchev–Trinajstić information content (AvgIpc) is 2.28. The number of carbonyl (C=O) groups excluding carboxylic acids is 1. The zero-order chi connectivity index (χ0) is 13.4. The van der Waals surface area contributed by atoms with E-state index in [0.717, 1.165) is 0 Å². The lowest BCUT2D eigenvalue weighted by Crippen LogP contribution is -2.29. The summed E-state index contributed by atoms with van der Waals surface area (Å²) in [6.45, 7) is 11.4. The number of ether oxygens (including phenoxy) is 2. The number of alkyl carbamates (subject to hydrolysis) is 1. The highest BCUT2D eigenvalue weighted by Gasteiger charge is 2.14. The molecule has 0 fully saturated rings. The van der Waals surface area contributed by atoms with Crippen LogP contribution >= 0.6 is 0 Å². The van der Waals surface area contributed by atoms with Crippen molar-refractivity contribution in [3.8, 4) is 0 Å². The molecule has 17 heavy (non-hydrogen) atoms. The highest BCUT2D eigenvalue weighted by atomic mass is 16.6. The molecular weight excluding hydrogens is 218 g/mol. The second-order valence-corrected chi connectivity index (χ2v) is 4.08. The van der Waals surface area contributed by atoms with Crippen LogP contribution in [0.1, 0.15) is 34.1 Å². The molecule has 1 N–H and O–H groups in total. The minimum Gasteiger partial charge on any atom is -0.499 e. The lowest BCUT2D eigenvalue weighted by atomic mass is 10.1. The fourth-order valence-corrected chi connectivity index (χ4v) is 1.12. The summed E-state index contributed by atoms with van der Waals surface area (Å²) >= 11 is 0. The van der Waals surface area contributed by atoms with Crippen molar-refractivity contribution in [1.82, 2.24) is 5.32 Å². The van der Waals surface area contributed by atoms with Crippen LogP contribution in [0.15, 0.2) is 24.1 Å². The first-order valence-electron chi connectivity index (χ1n) is 5.83. The van der Waals surface area contributed by atoms with E-state index in [2.05, 4.69) is 11.9 Å². The number of hydrogen-bond donors (Lipinski definition) is 1. The summed E-state index contributed by atoms with van der Waals surface area (Å²) in [5.41, 5.74) is 0.552. The Kier molecular flexibility index (Phi) is 7.10. The van der Waals surface area contributed by atoms with Crippen molar-refractivity contribution in [2.24, 2.45) is 5.92 Å². The summed E-state index contributed by atoms with van der Waals surface area (Å²) in [4.78, 5) is 11.6. The molecule has 98 valence electrons. The fraction of sp³-hybridized carbons (Fsp3) is 0.615. The van der Waals surface area contributed by atoms with E-state index in [4.69, 9.17) is 9.47 Å². The Balaban J connectivity index is 4.54. The Labute approximate surface area is 104 Å². The normalized spacial score (nSPS) is 13.8. The third-order valence-electron chi connectivity index (χ3n) is 2.54. The van der Waals surface area contributed by atoms with Gasteiger partial charge in [-0.1, -0.05) is 27.4 Å². The molecular formula is C13H23NO3. The molecule has 0 spiro atoms. The standard InChI is InChI=1S/C13H23NO3/c1-7-11(12(8-2)16-6)14-13(15)17-10(5)9(3)4/h7,9-10H,1,8H2,2-6H3,(H,14,15)/b12-11-. The lowest BCUT2D eigenvalue weighted by molar-refractivity contribution is 0.0840. The molecule has 0 saturated heterocycles. The number of carbonyl (C=O) groups is 1. The predicted octanol–water partition coefficient (Wildman–Crippen LogP) is 3.21. The molecule has 1 atom stereocenters. The van der Waals surface area contributed by atoms with Gasteiger partial charge in [-0.2, -0.15) is 0 Å². The third-order valence-corrected chi connectivity index (χ3v) is 2.54. The number of amides is 1. The van der Waals surface area contributed by atoms with Gasteiger partial charge >= 0.3 is 6.09 Å². The molecule has 0 aliphatic heterocycles. The van der Waals surface area contributed by atoms with Crippen molar-refractivity contribution in [3.63, 3.8) is 0 Å². The molecule has 4 heteroatoms. The second-order valence-electron chi connectivity index (χ2n) is 4.08. The molecule has 4 nitrogen and oxygen atoms in total. The summed E-state index contributed by atoms with van der Waals surface area (Å²) in [5.74, 6) is 0.958. The van der Waals surface area contributed by atoms with E-state index < -0.39 is 6.09 Å². The van der Waals surface area contributed by atoms with E-state index in [0.29, 0.717) is 17.9 Å². The van der Waals surface area contributed by atoms with Crippen LogP contribution in [-0.2, 0) is 9.47 Å². The van der Waals surface area contributed by atoms with Crippen LogP contribution in [0.2, 0.25) is 0 Å². The third kappa shape index (κ3) is 5.43. The van der Waals surface area contributed by atoms with Crippen LogP contribution in [-0.4, -0.2) is 19.3 Å². The first kappa shape index (κ1) is 15.6. The van der Waals surface area contributed by atoms with Crippen LogP contribution in [0.5, 0.6) is 0 Å². The van der Waals surface area contributed by atoms with Crippen molar-refractivity contribution in [2.75, 3.05) is 7.11 Å². The summed E-state index contributed by atoms with van der Waals surface area (Å²) in [6.07, 6.45) is 1.61. The second kappa shape index (κ2) is 7.76. The van der Waals surface area contributed by atoms with Crippen LogP contribution < -0.4 is 5.32 Å². The Morgan fingerprint density at radius 2 is 2.00 bits per heavy atom. The predicted molar refractivity (Wildman–Crippen MR) is 68.4 cm³/mol. The molecule has 0 rings (SSSR count). The smallest absolute Gasteiger partial charge is 0.412 e. The zero-order valence-electron chi connectivity index (χ0n) is 11.4. The summed E-state index contributed by atoms with van der Waals surface area (Å²) in [5, 5.41) is 2.63. The molecule has 0 aromatic rings. The summed E-state index contributed by atoms with van der Waals surface area (Å²) < 4.78 is 10.3. The van der Waals surface area contributed by atoms with E-state index in [1.165, 1.54) is 0 Å². The fourth-order valence-electron chi connectivity index (χ4n) is 1.12. The van der Waals surface area contributed by atoms with Crippen molar-refractivity contribution >= 4 is 6.09 Å². The quantitative estimate of drug-likeness (QED) is 0.573. The van der Waals surface area contributed by atoms with Crippen molar-refractivity contribution in [2.45, 2.75) is 40.2 Å². The maximum Gasteiger partial charge on any atom is 0.412 e. The van der Waals surface area contributed by atoms with E-state index in [9.17, 15) is 4.79 Å².